The molecule has 0 saturated carbocycles. The van der Waals surface area contributed by atoms with E-state index in [1.54, 1.807) is 4.90 Å². The second kappa shape index (κ2) is 10.3. The van der Waals surface area contributed by atoms with Crippen LogP contribution in [-0.2, 0) is 14.3 Å². The lowest BCUT2D eigenvalue weighted by Crippen LogP contribution is -2.52. The first-order valence-corrected chi connectivity index (χ1v) is 12.0. The van der Waals surface area contributed by atoms with Crippen LogP contribution in [-0.4, -0.2) is 53.2 Å². The molecule has 2 aromatic rings. The predicted molar refractivity (Wildman–Crippen MR) is 128 cm³/mol. The summed E-state index contributed by atoms with van der Waals surface area (Å²) in [6, 6.07) is 15.5. The third-order valence-electron chi connectivity index (χ3n) is 6.90. The highest BCUT2D eigenvalue weighted by Gasteiger charge is 2.36. The normalized spacial score (nSPS) is 17.9. The highest BCUT2D eigenvalue weighted by atomic mass is 16.5. The molecule has 2 unspecified atom stereocenters. The molecular formula is C27H32N2O5. The van der Waals surface area contributed by atoms with E-state index in [1.807, 2.05) is 38.1 Å². The second-order valence-corrected chi connectivity index (χ2v) is 9.45. The average Bonchev–Trinajstić information content (AvgIpc) is 3.42. The average molecular weight is 465 g/mol. The van der Waals surface area contributed by atoms with Gasteiger partial charge >= 0.3 is 12.1 Å². The van der Waals surface area contributed by atoms with Gasteiger partial charge in [-0.3, -0.25) is 9.59 Å². The van der Waals surface area contributed by atoms with E-state index < -0.39 is 18.1 Å². The number of benzene rings is 2. The molecule has 1 heterocycles. The quantitative estimate of drug-likeness (QED) is 0.604. The van der Waals surface area contributed by atoms with E-state index in [1.165, 1.54) is 0 Å². The molecule has 7 nitrogen and oxygen atoms in total. The summed E-state index contributed by atoms with van der Waals surface area (Å²) < 4.78 is 5.64. The van der Waals surface area contributed by atoms with Gasteiger partial charge in [-0.15, -0.1) is 0 Å². The fourth-order valence-corrected chi connectivity index (χ4v) is 5.18. The number of nitrogens with zero attached hydrogens (tertiary/aromatic N) is 1. The number of carbonyl (C=O) groups is 3. The first kappa shape index (κ1) is 23.8. The van der Waals surface area contributed by atoms with Gasteiger partial charge in [-0.1, -0.05) is 62.4 Å². The van der Waals surface area contributed by atoms with Gasteiger partial charge < -0.3 is 20.1 Å². The molecule has 1 fully saturated rings. The van der Waals surface area contributed by atoms with Crippen LogP contribution in [0.1, 0.15) is 56.6 Å². The number of fused-ring (bicyclic) bond motifs is 3. The Bertz CT molecular complexity index is 1020. The van der Waals surface area contributed by atoms with Crippen molar-refractivity contribution >= 4 is 18.0 Å². The van der Waals surface area contributed by atoms with Gasteiger partial charge in [-0.25, -0.2) is 4.79 Å². The first-order chi connectivity index (χ1) is 16.4. The standard InChI is InChI=1S/C27H32N2O5/c1-17(2)25(26(32)29-15-7-8-18(29)13-14-24(30)31)28-27(33)34-16-23-21-11-5-3-9-19(21)20-10-4-6-12-22(20)23/h3-6,9-12,17-18,23,25H,7-8,13-16H2,1-2H3,(H,28,33)(H,30,31). The number of alkyl carbamates (subject to hydrolysis) is 1. The maximum Gasteiger partial charge on any atom is 0.407 e. The van der Waals surface area contributed by atoms with E-state index in [0.29, 0.717) is 13.0 Å². The Morgan fingerprint density at radius 1 is 1.06 bits per heavy atom. The lowest BCUT2D eigenvalue weighted by atomic mass is 9.98. The molecule has 2 aromatic carbocycles. The van der Waals surface area contributed by atoms with Crippen LogP contribution >= 0.6 is 0 Å². The lowest BCUT2D eigenvalue weighted by Gasteiger charge is -2.31. The number of ether oxygens (including phenoxy) is 1. The summed E-state index contributed by atoms with van der Waals surface area (Å²) in [4.78, 5) is 38.8. The maximum absolute atomic E-state index is 13.3. The highest BCUT2D eigenvalue weighted by Crippen LogP contribution is 2.44. The number of rotatable bonds is 8. The number of amides is 2. The van der Waals surface area contributed by atoms with Gasteiger partial charge in [0, 0.05) is 24.9 Å². The van der Waals surface area contributed by atoms with Crippen molar-refractivity contribution in [1.29, 1.82) is 0 Å². The van der Waals surface area contributed by atoms with Crippen LogP contribution in [0.3, 0.4) is 0 Å². The number of hydrogen-bond donors (Lipinski definition) is 2. The summed E-state index contributed by atoms with van der Waals surface area (Å²) in [5, 5.41) is 11.8. The molecule has 34 heavy (non-hydrogen) atoms. The minimum Gasteiger partial charge on any atom is -0.481 e. The van der Waals surface area contributed by atoms with Crippen molar-refractivity contribution < 1.29 is 24.2 Å². The predicted octanol–water partition coefficient (Wildman–Crippen LogP) is 4.41. The van der Waals surface area contributed by atoms with Crippen LogP contribution in [0.2, 0.25) is 0 Å². The Labute approximate surface area is 200 Å². The molecule has 1 saturated heterocycles. The van der Waals surface area contributed by atoms with E-state index in [-0.39, 0.29) is 36.8 Å². The van der Waals surface area contributed by atoms with Crippen molar-refractivity contribution in [3.8, 4) is 11.1 Å². The Hall–Kier alpha value is -3.35. The van der Waals surface area contributed by atoms with Gasteiger partial charge in [-0.05, 0) is 47.4 Å². The van der Waals surface area contributed by atoms with Crippen molar-refractivity contribution in [3.63, 3.8) is 0 Å². The van der Waals surface area contributed by atoms with Gasteiger partial charge in [0.15, 0.2) is 0 Å². The van der Waals surface area contributed by atoms with Gasteiger partial charge in [0.25, 0.3) is 0 Å². The third kappa shape index (κ3) is 4.93. The van der Waals surface area contributed by atoms with E-state index in [9.17, 15) is 14.4 Å². The maximum atomic E-state index is 13.3. The van der Waals surface area contributed by atoms with Crippen molar-refractivity contribution in [2.24, 2.45) is 5.92 Å². The zero-order chi connectivity index (χ0) is 24.2. The van der Waals surface area contributed by atoms with Crippen molar-refractivity contribution in [2.75, 3.05) is 13.2 Å². The highest BCUT2D eigenvalue weighted by molar-refractivity contribution is 5.86. The van der Waals surface area contributed by atoms with Crippen molar-refractivity contribution in [3.05, 3.63) is 59.7 Å². The molecule has 0 spiro atoms. The number of carboxylic acids is 1. The van der Waals surface area contributed by atoms with Gasteiger partial charge in [0.1, 0.15) is 12.6 Å². The topological polar surface area (TPSA) is 95.9 Å². The number of carbonyl (C=O) groups excluding carboxylic acids is 2. The minimum absolute atomic E-state index is 0.0284. The Balaban J connectivity index is 1.40. The van der Waals surface area contributed by atoms with E-state index in [0.717, 1.165) is 35.1 Å². The molecule has 2 amide bonds. The second-order valence-electron chi connectivity index (χ2n) is 9.45. The van der Waals surface area contributed by atoms with Gasteiger partial charge in [0.2, 0.25) is 5.91 Å². The van der Waals surface area contributed by atoms with E-state index >= 15 is 0 Å². The van der Waals surface area contributed by atoms with Gasteiger partial charge in [0.05, 0.1) is 0 Å². The summed E-state index contributed by atoms with van der Waals surface area (Å²) in [5.41, 5.74) is 4.57. The number of carboxylic acid groups (broad SMARTS) is 1. The van der Waals surface area contributed by atoms with Crippen LogP contribution in [0, 0.1) is 5.92 Å². The molecule has 4 rings (SSSR count). The fraction of sp³-hybridized carbons (Fsp3) is 0.444. The number of hydrogen-bond acceptors (Lipinski definition) is 4. The molecule has 1 aliphatic heterocycles. The summed E-state index contributed by atoms with van der Waals surface area (Å²) in [6.07, 6.45) is 1.47. The zero-order valence-electron chi connectivity index (χ0n) is 19.7. The molecule has 1 aliphatic carbocycles. The molecule has 0 radical (unpaired) electrons. The largest absolute Gasteiger partial charge is 0.481 e. The van der Waals surface area contributed by atoms with Crippen LogP contribution in [0.15, 0.2) is 48.5 Å². The summed E-state index contributed by atoms with van der Waals surface area (Å²) >= 11 is 0. The monoisotopic (exact) mass is 464 g/mol. The summed E-state index contributed by atoms with van der Waals surface area (Å²) in [7, 11) is 0. The molecule has 0 aromatic heterocycles. The molecule has 2 aliphatic rings. The van der Waals surface area contributed by atoms with Crippen LogP contribution < -0.4 is 5.32 Å². The van der Waals surface area contributed by atoms with E-state index in [2.05, 4.69) is 29.6 Å². The molecule has 2 atom stereocenters. The fourth-order valence-electron chi connectivity index (χ4n) is 5.18. The zero-order valence-corrected chi connectivity index (χ0v) is 19.7. The smallest absolute Gasteiger partial charge is 0.407 e. The van der Waals surface area contributed by atoms with Crippen molar-refractivity contribution in [2.45, 2.75) is 57.5 Å². The molecule has 180 valence electrons. The Kier molecular flexibility index (Phi) is 7.20. The molecule has 0 bridgehead atoms. The number of nitrogens with one attached hydrogen (secondary N) is 1. The third-order valence-corrected chi connectivity index (χ3v) is 6.90. The van der Waals surface area contributed by atoms with E-state index in [4.69, 9.17) is 9.84 Å². The Morgan fingerprint density at radius 2 is 1.68 bits per heavy atom. The van der Waals surface area contributed by atoms with Crippen LogP contribution in [0.5, 0.6) is 0 Å². The minimum atomic E-state index is -0.864. The van der Waals surface area contributed by atoms with Gasteiger partial charge in [-0.2, -0.15) is 0 Å². The molecular weight excluding hydrogens is 432 g/mol. The summed E-state index contributed by atoms with van der Waals surface area (Å²) in [5.74, 6) is -1.22. The SMILES string of the molecule is CC(C)C(NC(=O)OCC1c2ccccc2-c2ccccc21)C(=O)N1CCCC1CCC(=O)O. The van der Waals surface area contributed by atoms with Crippen LogP contribution in [0.4, 0.5) is 4.79 Å². The molecule has 2 N–H and O–H groups in total. The first-order valence-electron chi connectivity index (χ1n) is 12.0. The lowest BCUT2D eigenvalue weighted by molar-refractivity contribution is -0.139. The molecule has 7 heteroatoms. The van der Waals surface area contributed by atoms with Crippen molar-refractivity contribution in [1.82, 2.24) is 10.2 Å². The Morgan fingerprint density at radius 3 is 2.26 bits per heavy atom. The summed E-state index contributed by atoms with van der Waals surface area (Å²) in [6.45, 7) is 4.53. The number of aliphatic carboxylic acids is 1. The number of likely N-dealkylation sites (tertiary alicyclic amines) is 1. The van der Waals surface area contributed by atoms with Crippen LogP contribution in [0.25, 0.3) is 11.1 Å².